The van der Waals surface area contributed by atoms with Gasteiger partial charge in [-0.2, -0.15) is 5.26 Å². The van der Waals surface area contributed by atoms with E-state index in [2.05, 4.69) is 6.07 Å². The molecule has 14 heavy (non-hydrogen) atoms. The van der Waals surface area contributed by atoms with Gasteiger partial charge in [-0.1, -0.05) is 25.7 Å². The molecule has 0 aromatic carbocycles. The summed E-state index contributed by atoms with van der Waals surface area (Å²) < 4.78 is 0. The third-order valence-electron chi connectivity index (χ3n) is 4.13. The predicted octanol–water partition coefficient (Wildman–Crippen LogP) is 2.62. The molecule has 2 nitrogen and oxygen atoms in total. The zero-order valence-electron chi connectivity index (χ0n) is 8.71. The van der Waals surface area contributed by atoms with Gasteiger partial charge in [0, 0.05) is 0 Å². The highest BCUT2D eigenvalue weighted by molar-refractivity contribution is 5.08. The van der Waals surface area contributed by atoms with Gasteiger partial charge in [0.15, 0.2) is 0 Å². The lowest BCUT2D eigenvalue weighted by atomic mass is 9.75. The standard InChI is InChI=1S/C12H19NO/c13-9-12(7-3-4-8-12)11(14)10-5-1-2-6-10/h10-11,14H,1-8H2. The summed E-state index contributed by atoms with van der Waals surface area (Å²) in [4.78, 5) is 0. The van der Waals surface area contributed by atoms with Crippen molar-refractivity contribution in [1.82, 2.24) is 0 Å². The lowest BCUT2D eigenvalue weighted by Crippen LogP contribution is -2.36. The molecule has 0 saturated heterocycles. The van der Waals surface area contributed by atoms with Crippen LogP contribution in [0.2, 0.25) is 0 Å². The fourth-order valence-electron chi connectivity index (χ4n) is 3.20. The molecule has 0 radical (unpaired) electrons. The van der Waals surface area contributed by atoms with Gasteiger partial charge >= 0.3 is 0 Å². The van der Waals surface area contributed by atoms with Crippen molar-refractivity contribution < 1.29 is 5.11 Å². The van der Waals surface area contributed by atoms with E-state index in [0.29, 0.717) is 5.92 Å². The first-order valence-electron chi connectivity index (χ1n) is 5.88. The van der Waals surface area contributed by atoms with Crippen molar-refractivity contribution in [2.24, 2.45) is 11.3 Å². The highest BCUT2D eigenvalue weighted by Gasteiger charge is 2.44. The molecule has 2 aliphatic carbocycles. The zero-order chi connectivity index (χ0) is 10.0. The molecule has 0 bridgehead atoms. The smallest absolute Gasteiger partial charge is 0.0835 e. The molecule has 1 atom stereocenters. The first-order valence-corrected chi connectivity index (χ1v) is 5.88. The number of aliphatic hydroxyl groups excluding tert-OH is 1. The van der Waals surface area contributed by atoms with Crippen molar-refractivity contribution in [3.63, 3.8) is 0 Å². The van der Waals surface area contributed by atoms with Crippen LogP contribution >= 0.6 is 0 Å². The van der Waals surface area contributed by atoms with E-state index in [1.165, 1.54) is 12.8 Å². The van der Waals surface area contributed by atoms with Crippen LogP contribution in [0.3, 0.4) is 0 Å². The van der Waals surface area contributed by atoms with Crippen molar-refractivity contribution in [3.8, 4) is 6.07 Å². The Balaban J connectivity index is 2.07. The second-order valence-corrected chi connectivity index (χ2v) is 4.96. The molecule has 2 rings (SSSR count). The normalized spacial score (nSPS) is 28.9. The van der Waals surface area contributed by atoms with Gasteiger partial charge < -0.3 is 5.11 Å². The van der Waals surface area contributed by atoms with Gasteiger partial charge in [0.2, 0.25) is 0 Å². The highest BCUT2D eigenvalue weighted by Crippen LogP contribution is 2.45. The lowest BCUT2D eigenvalue weighted by molar-refractivity contribution is 0.0182. The first-order chi connectivity index (χ1) is 6.78. The summed E-state index contributed by atoms with van der Waals surface area (Å²) in [5, 5.41) is 19.5. The molecule has 0 heterocycles. The number of hydrogen-bond acceptors (Lipinski definition) is 2. The monoisotopic (exact) mass is 193 g/mol. The van der Waals surface area contributed by atoms with Gasteiger partial charge in [0.1, 0.15) is 0 Å². The van der Waals surface area contributed by atoms with Crippen LogP contribution in [0.15, 0.2) is 0 Å². The number of rotatable bonds is 2. The third-order valence-corrected chi connectivity index (χ3v) is 4.13. The molecule has 0 aliphatic heterocycles. The van der Waals surface area contributed by atoms with Crippen molar-refractivity contribution in [2.45, 2.75) is 57.5 Å². The molecule has 0 amide bonds. The molecular formula is C12H19NO. The third kappa shape index (κ3) is 1.54. The van der Waals surface area contributed by atoms with E-state index in [1.807, 2.05) is 0 Å². The second-order valence-electron chi connectivity index (χ2n) is 4.96. The van der Waals surface area contributed by atoms with Crippen LogP contribution < -0.4 is 0 Å². The second kappa shape index (κ2) is 3.90. The van der Waals surface area contributed by atoms with Gasteiger partial charge in [0.05, 0.1) is 17.6 Å². The predicted molar refractivity (Wildman–Crippen MR) is 54.5 cm³/mol. The van der Waals surface area contributed by atoms with E-state index in [0.717, 1.165) is 38.5 Å². The number of nitrogens with zero attached hydrogens (tertiary/aromatic N) is 1. The minimum Gasteiger partial charge on any atom is -0.391 e. The largest absolute Gasteiger partial charge is 0.391 e. The van der Waals surface area contributed by atoms with E-state index in [1.54, 1.807) is 0 Å². The Kier molecular flexibility index (Phi) is 2.78. The van der Waals surface area contributed by atoms with E-state index < -0.39 is 0 Å². The van der Waals surface area contributed by atoms with Gasteiger partial charge in [-0.15, -0.1) is 0 Å². The Morgan fingerprint density at radius 2 is 1.71 bits per heavy atom. The molecule has 2 heteroatoms. The van der Waals surface area contributed by atoms with Crippen LogP contribution in [0.4, 0.5) is 0 Å². The van der Waals surface area contributed by atoms with Gasteiger partial charge in [-0.05, 0) is 31.6 Å². The molecule has 2 fully saturated rings. The van der Waals surface area contributed by atoms with Crippen molar-refractivity contribution in [1.29, 1.82) is 5.26 Å². The summed E-state index contributed by atoms with van der Waals surface area (Å²) in [6, 6.07) is 2.40. The number of aliphatic hydroxyl groups is 1. The first kappa shape index (κ1) is 9.98. The Labute approximate surface area is 85.9 Å². The fourth-order valence-corrected chi connectivity index (χ4v) is 3.20. The van der Waals surface area contributed by atoms with Gasteiger partial charge in [-0.3, -0.25) is 0 Å². The van der Waals surface area contributed by atoms with Crippen LogP contribution in [-0.2, 0) is 0 Å². The van der Waals surface area contributed by atoms with Gasteiger partial charge in [0.25, 0.3) is 0 Å². The van der Waals surface area contributed by atoms with Crippen LogP contribution in [0.25, 0.3) is 0 Å². The molecule has 78 valence electrons. The van der Waals surface area contributed by atoms with Crippen LogP contribution in [0.5, 0.6) is 0 Å². The summed E-state index contributed by atoms with van der Waals surface area (Å²) in [6.07, 6.45) is 8.47. The average Bonchev–Trinajstić information content (AvgIpc) is 2.89. The minimum atomic E-state index is -0.380. The van der Waals surface area contributed by atoms with Crippen molar-refractivity contribution in [2.75, 3.05) is 0 Å². The van der Waals surface area contributed by atoms with Gasteiger partial charge in [-0.25, -0.2) is 0 Å². The molecule has 1 unspecified atom stereocenters. The molecule has 0 spiro atoms. The zero-order valence-corrected chi connectivity index (χ0v) is 8.71. The fraction of sp³-hybridized carbons (Fsp3) is 0.917. The van der Waals surface area contributed by atoms with Crippen LogP contribution in [0.1, 0.15) is 51.4 Å². The Bertz CT molecular complexity index is 231. The van der Waals surface area contributed by atoms with Crippen molar-refractivity contribution >= 4 is 0 Å². The highest BCUT2D eigenvalue weighted by atomic mass is 16.3. The molecule has 2 saturated carbocycles. The molecule has 0 aromatic heterocycles. The van der Waals surface area contributed by atoms with Crippen LogP contribution in [0, 0.1) is 22.7 Å². The number of hydrogen-bond donors (Lipinski definition) is 1. The Morgan fingerprint density at radius 1 is 1.14 bits per heavy atom. The summed E-state index contributed by atoms with van der Waals surface area (Å²) in [5.41, 5.74) is -0.380. The molecule has 1 N–H and O–H groups in total. The topological polar surface area (TPSA) is 44.0 Å². The summed E-state index contributed by atoms with van der Waals surface area (Å²) in [7, 11) is 0. The Hall–Kier alpha value is -0.550. The summed E-state index contributed by atoms with van der Waals surface area (Å²) in [6.45, 7) is 0. The van der Waals surface area contributed by atoms with Crippen molar-refractivity contribution in [3.05, 3.63) is 0 Å². The van der Waals surface area contributed by atoms with E-state index in [9.17, 15) is 10.4 Å². The maximum Gasteiger partial charge on any atom is 0.0835 e. The van der Waals surface area contributed by atoms with E-state index in [-0.39, 0.29) is 11.5 Å². The number of nitriles is 1. The van der Waals surface area contributed by atoms with E-state index in [4.69, 9.17) is 0 Å². The molecule has 0 aromatic rings. The summed E-state index contributed by atoms with van der Waals surface area (Å²) in [5.74, 6) is 0.410. The minimum absolute atomic E-state index is 0.350. The lowest BCUT2D eigenvalue weighted by Gasteiger charge is -2.31. The average molecular weight is 193 g/mol. The molecule has 2 aliphatic rings. The maximum atomic E-state index is 10.3. The SMILES string of the molecule is N#CC1(C(O)C2CCCC2)CCCC1. The molecular weight excluding hydrogens is 174 g/mol. The maximum absolute atomic E-state index is 10.3. The van der Waals surface area contributed by atoms with Crippen LogP contribution in [-0.4, -0.2) is 11.2 Å². The van der Waals surface area contributed by atoms with E-state index >= 15 is 0 Å². The summed E-state index contributed by atoms with van der Waals surface area (Å²) >= 11 is 0. The Morgan fingerprint density at radius 3 is 2.21 bits per heavy atom. The quantitative estimate of drug-likeness (QED) is 0.732.